The average Bonchev–Trinajstić information content (AvgIpc) is 3.21. The van der Waals surface area contributed by atoms with Crippen LogP contribution in [-0.2, 0) is 23.1 Å². The molecule has 1 heterocycles. The number of aliphatic imine (C=N–C) groups is 1. The first-order valence-corrected chi connectivity index (χ1v) is 12.4. The van der Waals surface area contributed by atoms with E-state index in [1.54, 1.807) is 35.3 Å². The Morgan fingerprint density at radius 1 is 1.29 bits per heavy atom. The monoisotopic (exact) mass is 538 g/mol. The van der Waals surface area contributed by atoms with Gasteiger partial charge in [-0.25, -0.2) is 18.1 Å². The summed E-state index contributed by atoms with van der Waals surface area (Å²) >= 11 is 3.42. The zero-order valence-electron chi connectivity index (χ0n) is 18.5. The van der Waals surface area contributed by atoms with Gasteiger partial charge in [0.25, 0.3) is 0 Å². The van der Waals surface area contributed by atoms with Crippen LogP contribution >= 0.6 is 15.9 Å². The van der Waals surface area contributed by atoms with Crippen LogP contribution < -0.4 is 10.0 Å². The summed E-state index contributed by atoms with van der Waals surface area (Å²) in [4.78, 5) is 4.35. The van der Waals surface area contributed by atoms with Gasteiger partial charge < -0.3 is 5.32 Å². The number of sulfonamides is 1. The molecule has 10 heteroatoms. The van der Waals surface area contributed by atoms with Gasteiger partial charge in [0, 0.05) is 19.3 Å². The van der Waals surface area contributed by atoms with Crippen molar-refractivity contribution in [2.75, 3.05) is 0 Å². The molecule has 2 aromatic carbocycles. The minimum atomic E-state index is -3.75. The third-order valence-corrected chi connectivity index (χ3v) is 6.85. The molecule has 0 bridgehead atoms. The molecule has 0 aliphatic carbocycles. The summed E-state index contributed by atoms with van der Waals surface area (Å²) in [7, 11) is -3.75. The fourth-order valence-electron chi connectivity index (χ4n) is 3.05. The number of benzene rings is 2. The number of allylic oxidation sites excluding steroid dienone is 1. The Bertz CT molecular complexity index is 1400. The van der Waals surface area contributed by atoms with Gasteiger partial charge in [0.05, 0.1) is 27.2 Å². The van der Waals surface area contributed by atoms with E-state index in [0.717, 1.165) is 21.2 Å². The molecule has 34 heavy (non-hydrogen) atoms. The second-order valence-corrected chi connectivity index (χ2v) is 9.89. The lowest BCUT2D eigenvalue weighted by Crippen LogP contribution is -2.23. The van der Waals surface area contributed by atoms with E-state index in [1.807, 2.05) is 31.2 Å². The van der Waals surface area contributed by atoms with E-state index in [1.165, 1.54) is 12.1 Å². The summed E-state index contributed by atoms with van der Waals surface area (Å²) < 4.78 is 30.2. The molecule has 174 valence electrons. The Hall–Kier alpha value is -3.52. The highest BCUT2D eigenvalue weighted by Gasteiger charge is 2.15. The van der Waals surface area contributed by atoms with Crippen LogP contribution in [0.4, 0.5) is 5.82 Å². The van der Waals surface area contributed by atoms with Crippen LogP contribution in [0.25, 0.3) is 5.82 Å². The zero-order chi connectivity index (χ0) is 24.7. The molecule has 0 radical (unpaired) electrons. The van der Waals surface area contributed by atoms with Crippen molar-refractivity contribution in [1.82, 2.24) is 19.8 Å². The number of aromatic nitrogens is 2. The third-order valence-electron chi connectivity index (χ3n) is 4.89. The minimum absolute atomic E-state index is 0.0529. The smallest absolute Gasteiger partial charge is 0.240 e. The molecular formula is C24H23BrN6O2S. The first kappa shape index (κ1) is 25.1. The maximum absolute atomic E-state index is 12.6. The lowest BCUT2D eigenvalue weighted by molar-refractivity contribution is 0.581. The van der Waals surface area contributed by atoms with Crippen LogP contribution in [-0.4, -0.2) is 24.4 Å². The first-order chi connectivity index (χ1) is 16.2. The van der Waals surface area contributed by atoms with E-state index in [4.69, 9.17) is 5.26 Å². The molecule has 3 aromatic rings. The molecule has 1 aromatic heterocycles. The topological polar surface area (TPSA) is 112 Å². The number of nitrogens with zero attached hydrogens (tertiary/aromatic N) is 4. The second kappa shape index (κ2) is 11.1. The maximum atomic E-state index is 12.6. The van der Waals surface area contributed by atoms with Crippen molar-refractivity contribution in [2.45, 2.75) is 24.9 Å². The number of rotatable bonds is 10. The zero-order valence-corrected chi connectivity index (χ0v) is 20.9. The van der Waals surface area contributed by atoms with E-state index in [0.29, 0.717) is 18.2 Å². The normalized spacial score (nSPS) is 11.3. The Morgan fingerprint density at radius 2 is 2.09 bits per heavy atom. The van der Waals surface area contributed by atoms with Crippen LogP contribution in [0.3, 0.4) is 0 Å². The van der Waals surface area contributed by atoms with Crippen molar-refractivity contribution in [2.24, 2.45) is 4.99 Å². The lowest BCUT2D eigenvalue weighted by Gasteiger charge is -2.14. The Labute approximate surface area is 207 Å². The Kier molecular flexibility index (Phi) is 8.17. The highest BCUT2D eigenvalue weighted by Crippen LogP contribution is 2.26. The van der Waals surface area contributed by atoms with Gasteiger partial charge in [-0.2, -0.15) is 15.0 Å². The molecule has 0 atom stereocenters. The van der Waals surface area contributed by atoms with Crippen molar-refractivity contribution >= 4 is 43.8 Å². The van der Waals surface area contributed by atoms with Crippen LogP contribution in [0, 0.1) is 18.3 Å². The first-order valence-electron chi connectivity index (χ1n) is 10.1. The Morgan fingerprint density at radius 3 is 2.82 bits per heavy atom. The predicted molar refractivity (Wildman–Crippen MR) is 137 cm³/mol. The lowest BCUT2D eigenvalue weighted by atomic mass is 10.1. The van der Waals surface area contributed by atoms with Gasteiger partial charge in [-0.15, -0.1) is 0 Å². The fourth-order valence-corrected chi connectivity index (χ4v) is 4.48. The van der Waals surface area contributed by atoms with Gasteiger partial charge in [0.15, 0.2) is 5.82 Å². The van der Waals surface area contributed by atoms with Crippen LogP contribution in [0.1, 0.15) is 22.3 Å². The highest BCUT2D eigenvalue weighted by atomic mass is 79.9. The van der Waals surface area contributed by atoms with Gasteiger partial charge >= 0.3 is 0 Å². The number of nitrogens with one attached hydrogen (secondary N) is 2. The molecule has 0 saturated carbocycles. The summed E-state index contributed by atoms with van der Waals surface area (Å²) in [5.41, 5.74) is 3.10. The molecule has 0 saturated heterocycles. The standard InChI is InChI=1S/C24H23BrN6O2S/c1-4-10-27-24-23(25)16-29-31(24)18(3)28-15-21-11-20(9-8-17(21)2)14-30-34(32,33)22-7-5-6-19(12-22)13-26/h4-12,16,28,30H,1,3,14-15H2,2H3/b27-10-. The van der Waals surface area contributed by atoms with Crippen molar-refractivity contribution < 1.29 is 8.42 Å². The van der Waals surface area contributed by atoms with E-state index in [9.17, 15) is 8.42 Å². The number of halogens is 1. The van der Waals surface area contributed by atoms with E-state index in [-0.39, 0.29) is 17.0 Å². The molecule has 8 nitrogen and oxygen atoms in total. The largest absolute Gasteiger partial charge is 0.366 e. The van der Waals surface area contributed by atoms with Crippen LogP contribution in [0.15, 0.2) is 82.3 Å². The molecule has 3 rings (SSSR count). The Balaban J connectivity index is 1.70. The third kappa shape index (κ3) is 6.08. The van der Waals surface area contributed by atoms with Crippen molar-refractivity contribution in [1.29, 1.82) is 5.26 Å². The number of nitriles is 1. The van der Waals surface area contributed by atoms with Gasteiger partial charge in [-0.3, -0.25) is 0 Å². The minimum Gasteiger partial charge on any atom is -0.366 e. The fraction of sp³-hybridized carbons (Fsp3) is 0.125. The molecule has 0 aliphatic rings. The van der Waals surface area contributed by atoms with Crippen molar-refractivity contribution in [3.63, 3.8) is 0 Å². The van der Waals surface area contributed by atoms with Crippen LogP contribution in [0.2, 0.25) is 0 Å². The molecule has 0 aliphatic heterocycles. The van der Waals surface area contributed by atoms with Crippen molar-refractivity contribution in [3.05, 3.63) is 94.6 Å². The quantitative estimate of drug-likeness (QED) is 0.371. The summed E-state index contributed by atoms with van der Waals surface area (Å²) in [5, 5.41) is 16.5. The van der Waals surface area contributed by atoms with Crippen molar-refractivity contribution in [3.8, 4) is 6.07 Å². The van der Waals surface area contributed by atoms with E-state index in [2.05, 4.69) is 49.2 Å². The molecular weight excluding hydrogens is 516 g/mol. The average molecular weight is 539 g/mol. The summed E-state index contributed by atoms with van der Waals surface area (Å²) in [5.74, 6) is 1.11. The SMILES string of the molecule is C=C/C=N\c1c(Br)cnn1C(=C)NCc1cc(CNS(=O)(=O)c2cccc(C#N)c2)ccc1C. The van der Waals surface area contributed by atoms with Crippen LogP contribution in [0.5, 0.6) is 0 Å². The summed E-state index contributed by atoms with van der Waals surface area (Å²) in [6, 6.07) is 13.6. The maximum Gasteiger partial charge on any atom is 0.240 e. The number of hydrogen-bond donors (Lipinski definition) is 2. The predicted octanol–water partition coefficient (Wildman–Crippen LogP) is 4.41. The summed E-state index contributed by atoms with van der Waals surface area (Å²) in [6.45, 7) is 10.2. The number of aryl methyl sites for hydroxylation is 1. The van der Waals surface area contributed by atoms with E-state index < -0.39 is 10.0 Å². The summed E-state index contributed by atoms with van der Waals surface area (Å²) in [6.07, 6.45) is 4.77. The number of hydrogen-bond acceptors (Lipinski definition) is 6. The van der Waals surface area contributed by atoms with Gasteiger partial charge in [0.2, 0.25) is 10.0 Å². The molecule has 2 N–H and O–H groups in total. The highest BCUT2D eigenvalue weighted by molar-refractivity contribution is 9.10. The molecule has 0 amide bonds. The molecule has 0 spiro atoms. The molecule has 0 fully saturated rings. The van der Waals surface area contributed by atoms with E-state index >= 15 is 0 Å². The van der Waals surface area contributed by atoms with Gasteiger partial charge in [-0.05, 0) is 57.7 Å². The molecule has 0 unspecified atom stereocenters. The van der Waals surface area contributed by atoms with Gasteiger partial charge in [-0.1, -0.05) is 43.5 Å². The second-order valence-electron chi connectivity index (χ2n) is 7.27. The van der Waals surface area contributed by atoms with Gasteiger partial charge in [0.1, 0.15) is 5.82 Å².